The zero-order chi connectivity index (χ0) is 17.8. The molecule has 0 saturated carbocycles. The molecular weight excluding hydrogens is 416 g/mol. The molecule has 2 N–H and O–H groups in total. The number of hydrogen-bond donors (Lipinski definition) is 2. The van der Waals surface area contributed by atoms with E-state index in [2.05, 4.69) is 14.9 Å². The van der Waals surface area contributed by atoms with Crippen LogP contribution >= 0.6 is 24.8 Å². The Hall–Kier alpha value is -1.09. The molecule has 26 heavy (non-hydrogen) atoms. The second-order valence-corrected chi connectivity index (χ2v) is 7.07. The first kappa shape index (κ1) is 24.9. The minimum Gasteiger partial charge on any atom is -0.314 e. The number of nitrogens with zero attached hydrogens (tertiary/aromatic N) is 2. The molecule has 148 valence electrons. The van der Waals surface area contributed by atoms with Crippen LogP contribution in [0.1, 0.15) is 11.1 Å². The van der Waals surface area contributed by atoms with Gasteiger partial charge in [0.05, 0.1) is 22.1 Å². The summed E-state index contributed by atoms with van der Waals surface area (Å²) in [6, 6.07) is 3.61. The van der Waals surface area contributed by atoms with E-state index < -0.39 is 27.3 Å². The highest BCUT2D eigenvalue weighted by Gasteiger charge is 2.34. The summed E-state index contributed by atoms with van der Waals surface area (Å²) in [6.07, 6.45) is -4.71. The standard InChI is InChI=1S/C14H17F3N4O2S.2ClH/c15-14(16,17)13-2-1-12(9-11(13)10-18)24(22,23)20-5-8-21-6-3-19-4-7-21;;/h1-2,9,19-20H,3-8H2;2*1H. The fraction of sp³-hybridized carbons (Fsp3) is 0.500. The molecule has 2 rings (SSSR count). The van der Waals surface area contributed by atoms with E-state index in [-0.39, 0.29) is 36.3 Å². The Bertz CT molecular complexity index is 733. The third-order valence-corrected chi connectivity index (χ3v) is 5.12. The van der Waals surface area contributed by atoms with Crippen molar-refractivity contribution in [2.24, 2.45) is 0 Å². The highest BCUT2D eigenvalue weighted by atomic mass is 35.5. The van der Waals surface area contributed by atoms with Crippen LogP contribution in [0.2, 0.25) is 0 Å². The molecule has 0 amide bonds. The predicted octanol–water partition coefficient (Wildman–Crippen LogP) is 1.60. The molecule has 0 atom stereocenters. The Morgan fingerprint density at radius 3 is 2.38 bits per heavy atom. The van der Waals surface area contributed by atoms with Crippen molar-refractivity contribution in [3.8, 4) is 6.07 Å². The number of benzene rings is 1. The number of sulfonamides is 1. The summed E-state index contributed by atoms with van der Waals surface area (Å²) in [7, 11) is -3.97. The van der Waals surface area contributed by atoms with Gasteiger partial charge < -0.3 is 5.32 Å². The Balaban J connectivity index is 0.00000312. The molecule has 6 nitrogen and oxygen atoms in total. The first-order chi connectivity index (χ1) is 11.2. The van der Waals surface area contributed by atoms with E-state index in [1.807, 2.05) is 0 Å². The average Bonchev–Trinajstić information content (AvgIpc) is 2.54. The zero-order valence-corrected chi connectivity index (χ0v) is 16.0. The largest absolute Gasteiger partial charge is 0.417 e. The van der Waals surface area contributed by atoms with Crippen molar-refractivity contribution in [2.75, 3.05) is 39.3 Å². The van der Waals surface area contributed by atoms with Crippen LogP contribution in [-0.4, -0.2) is 52.6 Å². The molecule has 1 fully saturated rings. The van der Waals surface area contributed by atoms with Crippen LogP contribution in [0, 0.1) is 11.3 Å². The summed E-state index contributed by atoms with van der Waals surface area (Å²) in [4.78, 5) is 1.72. The van der Waals surface area contributed by atoms with Gasteiger partial charge in [0.2, 0.25) is 10.0 Å². The summed E-state index contributed by atoms with van der Waals surface area (Å²) in [5.74, 6) is 0. The van der Waals surface area contributed by atoms with Gasteiger partial charge in [-0.1, -0.05) is 0 Å². The maximum atomic E-state index is 12.7. The summed E-state index contributed by atoms with van der Waals surface area (Å²) in [5.41, 5.74) is -1.86. The van der Waals surface area contributed by atoms with E-state index in [4.69, 9.17) is 5.26 Å². The van der Waals surface area contributed by atoms with Gasteiger partial charge >= 0.3 is 6.18 Å². The van der Waals surface area contributed by atoms with Crippen LogP contribution in [0.25, 0.3) is 0 Å². The Labute approximate surface area is 162 Å². The van der Waals surface area contributed by atoms with Crippen LogP contribution in [0.3, 0.4) is 0 Å². The van der Waals surface area contributed by atoms with E-state index in [1.165, 1.54) is 6.07 Å². The van der Waals surface area contributed by atoms with E-state index in [1.54, 1.807) is 0 Å². The van der Waals surface area contributed by atoms with Crippen molar-refractivity contribution in [3.63, 3.8) is 0 Å². The minimum absolute atomic E-state index is 0. The quantitative estimate of drug-likeness (QED) is 0.734. The van der Waals surface area contributed by atoms with Gasteiger partial charge in [-0.3, -0.25) is 4.90 Å². The van der Waals surface area contributed by atoms with Crippen molar-refractivity contribution >= 4 is 34.8 Å². The van der Waals surface area contributed by atoms with Crippen LogP contribution in [0.4, 0.5) is 13.2 Å². The average molecular weight is 435 g/mol. The van der Waals surface area contributed by atoms with E-state index >= 15 is 0 Å². The molecule has 0 unspecified atom stereocenters. The van der Waals surface area contributed by atoms with Gasteiger partial charge in [-0.15, -0.1) is 24.8 Å². The first-order valence-electron chi connectivity index (χ1n) is 7.28. The van der Waals surface area contributed by atoms with Crippen molar-refractivity contribution < 1.29 is 21.6 Å². The topological polar surface area (TPSA) is 85.2 Å². The predicted molar refractivity (Wildman–Crippen MR) is 95.2 cm³/mol. The number of piperazine rings is 1. The molecule has 12 heteroatoms. The molecular formula is C14H19Cl2F3N4O2S. The molecule has 0 radical (unpaired) electrons. The maximum absolute atomic E-state index is 12.7. The van der Waals surface area contributed by atoms with Crippen LogP contribution in [-0.2, 0) is 16.2 Å². The lowest BCUT2D eigenvalue weighted by Gasteiger charge is -2.27. The fourth-order valence-electron chi connectivity index (χ4n) is 2.39. The molecule has 1 aliphatic heterocycles. The molecule has 0 aliphatic carbocycles. The molecule has 1 saturated heterocycles. The number of halogens is 5. The zero-order valence-electron chi connectivity index (χ0n) is 13.5. The molecule has 1 aromatic carbocycles. The number of rotatable bonds is 5. The lowest BCUT2D eigenvalue weighted by Crippen LogP contribution is -2.46. The van der Waals surface area contributed by atoms with Gasteiger partial charge in [0.25, 0.3) is 0 Å². The SMILES string of the molecule is Cl.Cl.N#Cc1cc(S(=O)(=O)NCCN2CCNCC2)ccc1C(F)(F)F. The number of nitriles is 1. The molecule has 1 aromatic rings. The van der Waals surface area contributed by atoms with E-state index in [9.17, 15) is 21.6 Å². The van der Waals surface area contributed by atoms with Gasteiger partial charge in [-0.05, 0) is 18.2 Å². The monoisotopic (exact) mass is 434 g/mol. The molecule has 0 aromatic heterocycles. The van der Waals surface area contributed by atoms with E-state index in [0.29, 0.717) is 12.6 Å². The van der Waals surface area contributed by atoms with Gasteiger partial charge in [0, 0.05) is 39.3 Å². The second kappa shape index (κ2) is 10.3. The van der Waals surface area contributed by atoms with Crippen molar-refractivity contribution in [3.05, 3.63) is 29.3 Å². The highest BCUT2D eigenvalue weighted by Crippen LogP contribution is 2.32. The highest BCUT2D eigenvalue weighted by molar-refractivity contribution is 7.89. The van der Waals surface area contributed by atoms with Crippen LogP contribution in [0.15, 0.2) is 23.1 Å². The Kier molecular flexibility index (Phi) is 9.87. The molecule has 0 spiro atoms. The number of alkyl halides is 3. The van der Waals surface area contributed by atoms with Gasteiger partial charge in [-0.25, -0.2) is 13.1 Å². The number of hydrogen-bond acceptors (Lipinski definition) is 5. The maximum Gasteiger partial charge on any atom is 0.417 e. The smallest absolute Gasteiger partial charge is 0.314 e. The molecule has 0 bridgehead atoms. The van der Waals surface area contributed by atoms with E-state index in [0.717, 1.165) is 38.3 Å². The Morgan fingerprint density at radius 1 is 1.23 bits per heavy atom. The lowest BCUT2D eigenvalue weighted by molar-refractivity contribution is -0.137. The first-order valence-corrected chi connectivity index (χ1v) is 8.76. The van der Waals surface area contributed by atoms with Gasteiger partial charge in [-0.2, -0.15) is 18.4 Å². The fourth-order valence-corrected chi connectivity index (χ4v) is 3.43. The molecule has 1 heterocycles. The van der Waals surface area contributed by atoms with Crippen molar-refractivity contribution in [2.45, 2.75) is 11.1 Å². The van der Waals surface area contributed by atoms with Crippen molar-refractivity contribution in [1.29, 1.82) is 5.26 Å². The second-order valence-electron chi connectivity index (χ2n) is 5.31. The lowest BCUT2D eigenvalue weighted by atomic mass is 10.1. The van der Waals surface area contributed by atoms with Gasteiger partial charge in [0.1, 0.15) is 0 Å². The third kappa shape index (κ3) is 6.57. The summed E-state index contributed by atoms with van der Waals surface area (Å²) < 4.78 is 64.9. The van der Waals surface area contributed by atoms with Crippen LogP contribution in [0.5, 0.6) is 0 Å². The van der Waals surface area contributed by atoms with Crippen molar-refractivity contribution in [1.82, 2.24) is 14.9 Å². The third-order valence-electron chi connectivity index (χ3n) is 3.66. The number of nitrogens with one attached hydrogen (secondary N) is 2. The Morgan fingerprint density at radius 2 is 1.85 bits per heavy atom. The summed E-state index contributed by atoms with van der Waals surface area (Å²) in [6.45, 7) is 3.92. The normalized spacial score (nSPS) is 15.5. The van der Waals surface area contributed by atoms with Crippen LogP contribution < -0.4 is 10.0 Å². The summed E-state index contributed by atoms with van der Waals surface area (Å²) in [5, 5.41) is 12.0. The summed E-state index contributed by atoms with van der Waals surface area (Å²) >= 11 is 0. The molecule has 1 aliphatic rings. The van der Waals surface area contributed by atoms with Gasteiger partial charge in [0.15, 0.2) is 0 Å². The minimum atomic E-state index is -4.71.